The van der Waals surface area contributed by atoms with Gasteiger partial charge in [0.2, 0.25) is 5.91 Å². The highest BCUT2D eigenvalue weighted by Crippen LogP contribution is 2.24. The van der Waals surface area contributed by atoms with Gasteiger partial charge in [-0.3, -0.25) is 14.5 Å². The lowest BCUT2D eigenvalue weighted by molar-refractivity contribution is -0.131. The normalized spacial score (nSPS) is 21.5. The van der Waals surface area contributed by atoms with E-state index in [4.69, 9.17) is 6.57 Å². The van der Waals surface area contributed by atoms with Gasteiger partial charge in [0, 0.05) is 19.4 Å². The van der Waals surface area contributed by atoms with Crippen molar-refractivity contribution in [3.8, 4) is 0 Å². The lowest BCUT2D eigenvalue weighted by Gasteiger charge is -2.21. The van der Waals surface area contributed by atoms with Crippen molar-refractivity contribution in [1.29, 1.82) is 0 Å². The van der Waals surface area contributed by atoms with Crippen molar-refractivity contribution in [1.82, 2.24) is 4.90 Å². The van der Waals surface area contributed by atoms with E-state index in [1.165, 1.54) is 0 Å². The molecule has 1 aliphatic heterocycles. The van der Waals surface area contributed by atoms with E-state index in [0.717, 1.165) is 25.8 Å². The van der Waals surface area contributed by atoms with E-state index >= 15 is 0 Å². The Labute approximate surface area is 92.3 Å². The summed E-state index contributed by atoms with van der Waals surface area (Å²) in [6, 6.07) is 0. The first-order chi connectivity index (χ1) is 6.94. The van der Waals surface area contributed by atoms with E-state index < -0.39 is 0 Å². The highest BCUT2D eigenvalue weighted by atomic mass is 16.2. The fraction of sp³-hybridized carbons (Fsp3) is 0.833. The van der Waals surface area contributed by atoms with E-state index in [-0.39, 0.29) is 17.5 Å². The molecule has 1 rings (SSSR count). The van der Waals surface area contributed by atoms with Crippen LogP contribution in [0.4, 0.5) is 0 Å². The molecule has 1 saturated heterocycles. The smallest absolute Gasteiger partial charge is 0.290 e. The van der Waals surface area contributed by atoms with Gasteiger partial charge in [-0.2, -0.15) is 0 Å². The fourth-order valence-electron chi connectivity index (χ4n) is 1.80. The van der Waals surface area contributed by atoms with E-state index in [2.05, 4.69) is 25.6 Å². The summed E-state index contributed by atoms with van der Waals surface area (Å²) in [7, 11) is 0. The van der Waals surface area contributed by atoms with Gasteiger partial charge in [0.1, 0.15) is 0 Å². The highest BCUT2D eigenvalue weighted by molar-refractivity contribution is 5.77. The molecule has 1 amide bonds. The van der Waals surface area contributed by atoms with Crippen LogP contribution in [0.25, 0.3) is 4.85 Å². The number of carbonyl (C=O) groups excluding carboxylic acids is 1. The monoisotopic (exact) mass is 208 g/mol. The number of likely N-dealkylation sites (tertiary alicyclic amines) is 1. The quantitative estimate of drug-likeness (QED) is 0.640. The molecule has 3 heteroatoms. The fourth-order valence-corrected chi connectivity index (χ4v) is 1.80. The number of hydrogen-bond donors (Lipinski definition) is 0. The molecule has 1 fully saturated rings. The van der Waals surface area contributed by atoms with Crippen molar-refractivity contribution in [2.45, 2.75) is 52.6 Å². The van der Waals surface area contributed by atoms with Gasteiger partial charge in [0.25, 0.3) is 0 Å². The number of carbonyl (C=O) groups is 1. The van der Waals surface area contributed by atoms with Crippen LogP contribution in [-0.4, -0.2) is 23.5 Å². The second-order valence-corrected chi connectivity index (χ2v) is 5.40. The Morgan fingerprint density at radius 2 is 2.20 bits per heavy atom. The minimum absolute atomic E-state index is 0.156. The summed E-state index contributed by atoms with van der Waals surface area (Å²) in [5.41, 5.74) is 0.197. The predicted octanol–water partition coefficient (Wildman–Crippen LogP) is 2.68. The number of amides is 1. The summed E-state index contributed by atoms with van der Waals surface area (Å²) in [5, 5.41) is 0. The summed E-state index contributed by atoms with van der Waals surface area (Å²) in [5.74, 6) is 0.156. The third-order valence-electron chi connectivity index (χ3n) is 2.78. The van der Waals surface area contributed by atoms with Gasteiger partial charge in [-0.1, -0.05) is 20.8 Å². The van der Waals surface area contributed by atoms with Crippen molar-refractivity contribution in [3.63, 3.8) is 0 Å². The van der Waals surface area contributed by atoms with Gasteiger partial charge in [-0.05, 0) is 18.3 Å². The molecule has 1 unspecified atom stereocenters. The van der Waals surface area contributed by atoms with Crippen LogP contribution in [0.5, 0.6) is 0 Å². The Balaban J connectivity index is 2.44. The Morgan fingerprint density at radius 3 is 2.73 bits per heavy atom. The van der Waals surface area contributed by atoms with E-state index in [0.29, 0.717) is 6.42 Å². The molecule has 1 heterocycles. The molecule has 3 nitrogen and oxygen atoms in total. The van der Waals surface area contributed by atoms with Crippen molar-refractivity contribution >= 4 is 5.91 Å². The zero-order chi connectivity index (χ0) is 11.5. The summed E-state index contributed by atoms with van der Waals surface area (Å²) < 4.78 is 0. The van der Waals surface area contributed by atoms with Crippen molar-refractivity contribution in [2.75, 3.05) is 6.54 Å². The standard InChI is InChI=1S/C12H20N2O/c1-12(2,3)8-7-11(15)14-9-5-6-10(14)13-4/h10H,5-9H2,1-3H3. The van der Waals surface area contributed by atoms with Crippen LogP contribution in [0.15, 0.2) is 0 Å². The second-order valence-electron chi connectivity index (χ2n) is 5.40. The molecule has 0 saturated carbocycles. The SMILES string of the molecule is [C-]#[N+]C1CCCN1C(=O)CCC(C)(C)C. The molecular formula is C12H20N2O. The van der Waals surface area contributed by atoms with E-state index in [1.54, 1.807) is 4.90 Å². The minimum atomic E-state index is -0.183. The maximum atomic E-state index is 11.8. The first-order valence-corrected chi connectivity index (χ1v) is 5.60. The maximum Gasteiger partial charge on any atom is 0.300 e. The third kappa shape index (κ3) is 3.54. The Kier molecular flexibility index (Phi) is 3.73. The molecule has 0 spiro atoms. The van der Waals surface area contributed by atoms with Gasteiger partial charge in [0.05, 0.1) is 0 Å². The van der Waals surface area contributed by atoms with Crippen LogP contribution in [0.2, 0.25) is 0 Å². The summed E-state index contributed by atoms with van der Waals surface area (Å²) in [6.45, 7) is 14.2. The topological polar surface area (TPSA) is 24.7 Å². The van der Waals surface area contributed by atoms with Crippen molar-refractivity contribution in [3.05, 3.63) is 11.4 Å². The summed E-state index contributed by atoms with van der Waals surface area (Å²) in [4.78, 5) is 17.1. The number of nitrogens with zero attached hydrogens (tertiary/aromatic N) is 2. The molecule has 0 aromatic rings. The van der Waals surface area contributed by atoms with Crippen LogP contribution in [0.3, 0.4) is 0 Å². The highest BCUT2D eigenvalue weighted by Gasteiger charge is 2.32. The van der Waals surface area contributed by atoms with Crippen LogP contribution >= 0.6 is 0 Å². The molecule has 1 aliphatic rings. The zero-order valence-corrected chi connectivity index (χ0v) is 9.92. The minimum Gasteiger partial charge on any atom is -0.290 e. The molecule has 0 aromatic carbocycles. The Hall–Kier alpha value is -1.04. The maximum absolute atomic E-state index is 11.8. The second kappa shape index (κ2) is 4.65. The third-order valence-corrected chi connectivity index (χ3v) is 2.78. The molecule has 0 N–H and O–H groups in total. The van der Waals surface area contributed by atoms with Crippen LogP contribution in [0, 0.1) is 12.0 Å². The lowest BCUT2D eigenvalue weighted by atomic mass is 9.90. The summed E-state index contributed by atoms with van der Waals surface area (Å²) >= 11 is 0. The van der Waals surface area contributed by atoms with Crippen molar-refractivity contribution < 1.29 is 4.79 Å². The van der Waals surface area contributed by atoms with Gasteiger partial charge < -0.3 is 0 Å². The molecular weight excluding hydrogens is 188 g/mol. The molecule has 0 aliphatic carbocycles. The molecule has 1 atom stereocenters. The van der Waals surface area contributed by atoms with Gasteiger partial charge >= 0.3 is 6.17 Å². The molecule has 15 heavy (non-hydrogen) atoms. The largest absolute Gasteiger partial charge is 0.300 e. The lowest BCUT2D eigenvalue weighted by Crippen LogP contribution is -2.33. The molecule has 0 bridgehead atoms. The Bertz CT molecular complexity index is 272. The number of rotatable bonds is 2. The molecule has 0 aromatic heterocycles. The first kappa shape index (κ1) is 12.0. The molecule has 0 radical (unpaired) electrons. The average Bonchev–Trinajstić information content (AvgIpc) is 2.60. The van der Waals surface area contributed by atoms with Gasteiger partial charge in [-0.25, -0.2) is 6.57 Å². The summed E-state index contributed by atoms with van der Waals surface area (Å²) in [6.07, 6.45) is 3.12. The first-order valence-electron chi connectivity index (χ1n) is 5.60. The van der Waals surface area contributed by atoms with Gasteiger partial charge in [0.15, 0.2) is 0 Å². The Morgan fingerprint density at radius 1 is 1.53 bits per heavy atom. The van der Waals surface area contributed by atoms with Crippen LogP contribution in [-0.2, 0) is 4.79 Å². The number of hydrogen-bond acceptors (Lipinski definition) is 1. The van der Waals surface area contributed by atoms with Crippen LogP contribution < -0.4 is 0 Å². The van der Waals surface area contributed by atoms with Crippen molar-refractivity contribution in [2.24, 2.45) is 5.41 Å². The van der Waals surface area contributed by atoms with E-state index in [1.807, 2.05) is 0 Å². The average molecular weight is 208 g/mol. The predicted molar refractivity (Wildman–Crippen MR) is 60.0 cm³/mol. The van der Waals surface area contributed by atoms with E-state index in [9.17, 15) is 4.79 Å². The van der Waals surface area contributed by atoms with Crippen LogP contribution in [0.1, 0.15) is 46.5 Å². The van der Waals surface area contributed by atoms with Gasteiger partial charge in [-0.15, -0.1) is 0 Å². The zero-order valence-electron chi connectivity index (χ0n) is 9.92. The molecule has 84 valence electrons.